The summed E-state index contributed by atoms with van der Waals surface area (Å²) in [5.74, 6) is 1.02. The monoisotopic (exact) mass is 269 g/mol. The topological polar surface area (TPSA) is 48.5 Å². The minimum atomic E-state index is 0.747. The highest BCUT2D eigenvalue weighted by Gasteiger charge is 2.00. The summed E-state index contributed by atoms with van der Waals surface area (Å²) in [7, 11) is 0. The van der Waals surface area contributed by atoms with Crippen molar-refractivity contribution in [2.45, 2.75) is 25.3 Å². The number of alkyl halides is 1. The Morgan fingerprint density at radius 2 is 2.27 bits per heavy atom. The maximum absolute atomic E-state index is 4.16. The number of imidazole rings is 1. The van der Waals surface area contributed by atoms with Gasteiger partial charge in [-0.05, 0) is 6.92 Å². The van der Waals surface area contributed by atoms with Gasteiger partial charge in [0.05, 0.1) is 12.2 Å². The van der Waals surface area contributed by atoms with Crippen LogP contribution in [-0.4, -0.2) is 24.5 Å². The fourth-order valence-electron chi connectivity index (χ4n) is 1.36. The number of hydrogen-bond donors (Lipinski definition) is 0. The summed E-state index contributed by atoms with van der Waals surface area (Å²) in [6.45, 7) is 3.68. The number of halogens is 1. The molecule has 0 saturated carbocycles. The fourth-order valence-corrected chi connectivity index (χ4v) is 1.62. The lowest BCUT2D eigenvalue weighted by atomic mass is 10.5. The smallest absolute Gasteiger partial charge is 0.105 e. The van der Waals surface area contributed by atoms with E-state index < -0.39 is 0 Å². The first kappa shape index (κ1) is 10.4. The van der Waals surface area contributed by atoms with Crippen LogP contribution in [0.25, 0.3) is 0 Å². The predicted octanol–water partition coefficient (Wildman–Crippen LogP) is 1.38. The zero-order valence-electron chi connectivity index (χ0n) is 8.47. The van der Waals surface area contributed by atoms with Crippen LogP contribution in [-0.2, 0) is 18.4 Å². The zero-order valence-corrected chi connectivity index (χ0v) is 10.1. The van der Waals surface area contributed by atoms with Gasteiger partial charge < -0.3 is 4.57 Å². The van der Waals surface area contributed by atoms with Gasteiger partial charge in [-0.25, -0.2) is 4.98 Å². The van der Waals surface area contributed by atoms with Crippen molar-refractivity contribution >= 4 is 15.9 Å². The van der Waals surface area contributed by atoms with Crippen LogP contribution in [0.4, 0.5) is 0 Å². The summed E-state index contributed by atoms with van der Waals surface area (Å²) < 4.78 is 3.94. The van der Waals surface area contributed by atoms with Crippen LogP contribution in [0.15, 0.2) is 18.6 Å². The van der Waals surface area contributed by atoms with E-state index in [1.807, 2.05) is 24.0 Å². The molecule has 0 bridgehead atoms. The first-order valence-electron chi connectivity index (χ1n) is 4.72. The van der Waals surface area contributed by atoms with Crippen LogP contribution in [0.3, 0.4) is 0 Å². The molecule has 0 N–H and O–H groups in total. The lowest BCUT2D eigenvalue weighted by Gasteiger charge is -2.03. The second-order valence-electron chi connectivity index (χ2n) is 3.27. The third-order valence-electron chi connectivity index (χ3n) is 2.22. The molecule has 2 aromatic rings. The molecule has 0 atom stereocenters. The van der Waals surface area contributed by atoms with Crippen molar-refractivity contribution < 1.29 is 0 Å². The maximum atomic E-state index is 4.16. The second-order valence-corrected chi connectivity index (χ2v) is 3.84. The highest BCUT2D eigenvalue weighted by Crippen LogP contribution is 2.01. The molecule has 5 nitrogen and oxygen atoms in total. The third kappa shape index (κ3) is 2.44. The Balaban J connectivity index is 1.96. The first-order chi connectivity index (χ1) is 7.29. The quantitative estimate of drug-likeness (QED) is 0.788. The molecule has 0 radical (unpaired) electrons. The maximum Gasteiger partial charge on any atom is 0.105 e. The summed E-state index contributed by atoms with van der Waals surface area (Å²) in [6.07, 6.45) is 5.72. The lowest BCUT2D eigenvalue weighted by molar-refractivity contribution is 0.513. The van der Waals surface area contributed by atoms with Crippen LogP contribution >= 0.6 is 15.9 Å². The van der Waals surface area contributed by atoms with Gasteiger partial charge in [0.2, 0.25) is 0 Å². The SMILES string of the molecule is Cc1nccn1CCn1cc(CBr)nn1. The molecule has 0 saturated heterocycles. The fraction of sp³-hybridized carbons (Fsp3) is 0.444. The normalized spacial score (nSPS) is 10.8. The molecule has 0 aliphatic rings. The van der Waals surface area contributed by atoms with Crippen molar-refractivity contribution in [3.05, 3.63) is 30.1 Å². The number of aryl methyl sites for hydroxylation is 3. The molecule has 2 rings (SSSR count). The minimum Gasteiger partial charge on any atom is -0.333 e. The molecule has 80 valence electrons. The molecule has 15 heavy (non-hydrogen) atoms. The van der Waals surface area contributed by atoms with Gasteiger partial charge in [-0.3, -0.25) is 4.68 Å². The molecule has 6 heteroatoms. The summed E-state index contributed by atoms with van der Waals surface area (Å²) >= 11 is 3.34. The second kappa shape index (κ2) is 4.57. The summed E-state index contributed by atoms with van der Waals surface area (Å²) in [4.78, 5) is 4.16. The number of hydrogen-bond acceptors (Lipinski definition) is 3. The van der Waals surface area contributed by atoms with Gasteiger partial charge >= 0.3 is 0 Å². The van der Waals surface area contributed by atoms with Gasteiger partial charge in [0.1, 0.15) is 5.82 Å². The predicted molar refractivity (Wildman–Crippen MR) is 59.6 cm³/mol. The van der Waals surface area contributed by atoms with Crippen LogP contribution < -0.4 is 0 Å². The van der Waals surface area contributed by atoms with E-state index in [0.717, 1.165) is 29.9 Å². The highest BCUT2D eigenvalue weighted by atomic mass is 79.9. The van der Waals surface area contributed by atoms with E-state index in [9.17, 15) is 0 Å². The van der Waals surface area contributed by atoms with Gasteiger partial charge in [0, 0.05) is 30.5 Å². The van der Waals surface area contributed by atoms with Crippen molar-refractivity contribution in [3.8, 4) is 0 Å². The van der Waals surface area contributed by atoms with E-state index >= 15 is 0 Å². The molecular formula is C9H12BrN5. The number of aromatic nitrogens is 5. The molecular weight excluding hydrogens is 258 g/mol. The molecule has 0 amide bonds. The van der Waals surface area contributed by atoms with Gasteiger partial charge in [-0.1, -0.05) is 21.1 Å². The van der Waals surface area contributed by atoms with E-state index in [1.54, 1.807) is 6.20 Å². The van der Waals surface area contributed by atoms with Crippen LogP contribution in [0.2, 0.25) is 0 Å². The number of rotatable bonds is 4. The molecule has 0 aliphatic heterocycles. The highest BCUT2D eigenvalue weighted by molar-refractivity contribution is 9.08. The molecule has 0 aromatic carbocycles. The zero-order chi connectivity index (χ0) is 10.7. The van der Waals surface area contributed by atoms with Crippen LogP contribution in [0, 0.1) is 6.92 Å². The van der Waals surface area contributed by atoms with Crippen molar-refractivity contribution in [3.63, 3.8) is 0 Å². The van der Waals surface area contributed by atoms with Gasteiger partial charge in [0.25, 0.3) is 0 Å². The minimum absolute atomic E-state index is 0.747. The largest absolute Gasteiger partial charge is 0.333 e. The van der Waals surface area contributed by atoms with Crippen LogP contribution in [0.5, 0.6) is 0 Å². The van der Waals surface area contributed by atoms with Gasteiger partial charge in [0.15, 0.2) is 0 Å². The van der Waals surface area contributed by atoms with E-state index in [2.05, 4.69) is 35.8 Å². The van der Waals surface area contributed by atoms with Crippen molar-refractivity contribution in [2.24, 2.45) is 0 Å². The van der Waals surface area contributed by atoms with E-state index in [4.69, 9.17) is 0 Å². The number of nitrogens with zero attached hydrogens (tertiary/aromatic N) is 5. The Bertz CT molecular complexity index is 433. The van der Waals surface area contributed by atoms with Crippen LogP contribution in [0.1, 0.15) is 11.5 Å². The average molecular weight is 270 g/mol. The molecule has 2 heterocycles. The van der Waals surface area contributed by atoms with E-state index in [-0.39, 0.29) is 0 Å². The Labute approximate surface area is 96.2 Å². The Hall–Kier alpha value is -1.17. The lowest BCUT2D eigenvalue weighted by Crippen LogP contribution is -2.08. The Morgan fingerprint density at radius 3 is 2.87 bits per heavy atom. The van der Waals surface area contributed by atoms with Gasteiger partial charge in [-0.15, -0.1) is 5.10 Å². The molecule has 0 unspecified atom stereocenters. The summed E-state index contributed by atoms with van der Waals surface area (Å²) in [5, 5.41) is 8.76. The summed E-state index contributed by atoms with van der Waals surface area (Å²) in [6, 6.07) is 0. The average Bonchev–Trinajstić information content (AvgIpc) is 2.84. The molecule has 0 aliphatic carbocycles. The van der Waals surface area contributed by atoms with Gasteiger partial charge in [-0.2, -0.15) is 0 Å². The third-order valence-corrected chi connectivity index (χ3v) is 2.79. The van der Waals surface area contributed by atoms with E-state index in [0.29, 0.717) is 0 Å². The molecule has 0 fully saturated rings. The van der Waals surface area contributed by atoms with Crippen molar-refractivity contribution in [2.75, 3.05) is 0 Å². The first-order valence-corrected chi connectivity index (χ1v) is 5.84. The standard InChI is InChI=1S/C9H12BrN5/c1-8-11-2-3-14(8)4-5-15-7-9(6-10)12-13-15/h2-3,7H,4-6H2,1H3. The van der Waals surface area contributed by atoms with Crippen molar-refractivity contribution in [1.82, 2.24) is 24.5 Å². The summed E-state index contributed by atoms with van der Waals surface area (Å²) in [5.41, 5.74) is 0.956. The Kier molecular flexibility index (Phi) is 3.15. The Morgan fingerprint density at radius 1 is 1.40 bits per heavy atom. The molecule has 0 spiro atoms. The van der Waals surface area contributed by atoms with Crippen molar-refractivity contribution in [1.29, 1.82) is 0 Å². The molecule has 2 aromatic heterocycles. The van der Waals surface area contributed by atoms with E-state index in [1.165, 1.54) is 0 Å².